The maximum absolute atomic E-state index is 13.2. The van der Waals surface area contributed by atoms with Crippen molar-refractivity contribution in [2.45, 2.75) is 37.0 Å². The van der Waals surface area contributed by atoms with Gasteiger partial charge in [-0.3, -0.25) is 9.10 Å². The van der Waals surface area contributed by atoms with Gasteiger partial charge in [-0.1, -0.05) is 37.1 Å². The molecule has 2 aromatic rings. The fourth-order valence-electron chi connectivity index (χ4n) is 3.93. The zero-order chi connectivity index (χ0) is 18.9. The van der Waals surface area contributed by atoms with Crippen LogP contribution in [-0.4, -0.2) is 38.9 Å². The second-order valence-corrected chi connectivity index (χ2v) is 9.05. The summed E-state index contributed by atoms with van der Waals surface area (Å²) in [6, 6.07) is 14.1. The lowest BCUT2D eigenvalue weighted by molar-refractivity contribution is 0.0761. The van der Waals surface area contributed by atoms with Crippen LogP contribution in [0.15, 0.2) is 53.4 Å². The van der Waals surface area contributed by atoms with E-state index >= 15 is 0 Å². The smallest absolute Gasteiger partial charge is 0.264 e. The number of amides is 1. The van der Waals surface area contributed by atoms with Crippen molar-refractivity contribution >= 4 is 21.6 Å². The van der Waals surface area contributed by atoms with Crippen LogP contribution in [0.2, 0.25) is 0 Å². The van der Waals surface area contributed by atoms with Crippen LogP contribution >= 0.6 is 0 Å². The third kappa shape index (κ3) is 3.46. The standard InChI is InChI=1S/C21H24N2O3S/c24-21(22-13-5-1-2-6-14-22)18-9-7-10-19(16-18)27(25,26)23-15-12-17-8-3-4-11-20(17)23/h3-4,7-11,16H,1-2,5-6,12-15H2. The van der Waals surface area contributed by atoms with Gasteiger partial charge in [0.05, 0.1) is 10.6 Å². The Morgan fingerprint density at radius 1 is 0.852 bits per heavy atom. The molecule has 0 spiro atoms. The van der Waals surface area contributed by atoms with Crippen LogP contribution in [0.25, 0.3) is 0 Å². The maximum atomic E-state index is 13.2. The number of sulfonamides is 1. The molecule has 6 heteroatoms. The third-order valence-electron chi connectivity index (χ3n) is 5.41. The number of hydrogen-bond donors (Lipinski definition) is 0. The molecule has 2 heterocycles. The molecule has 0 aliphatic carbocycles. The number of carbonyl (C=O) groups excluding carboxylic acids is 1. The highest BCUT2D eigenvalue weighted by atomic mass is 32.2. The molecular formula is C21H24N2O3S. The molecule has 2 aromatic carbocycles. The van der Waals surface area contributed by atoms with Gasteiger partial charge in [-0.2, -0.15) is 0 Å². The molecular weight excluding hydrogens is 360 g/mol. The summed E-state index contributed by atoms with van der Waals surface area (Å²) in [5.41, 5.74) is 2.23. The molecule has 4 rings (SSSR count). The Hall–Kier alpha value is -2.34. The average Bonchev–Trinajstić information content (AvgIpc) is 2.95. The third-order valence-corrected chi connectivity index (χ3v) is 7.22. The van der Waals surface area contributed by atoms with Crippen molar-refractivity contribution in [3.63, 3.8) is 0 Å². The van der Waals surface area contributed by atoms with Crippen molar-refractivity contribution in [2.24, 2.45) is 0 Å². The van der Waals surface area contributed by atoms with E-state index in [0.29, 0.717) is 18.5 Å². The van der Waals surface area contributed by atoms with Crippen molar-refractivity contribution in [3.05, 3.63) is 59.7 Å². The van der Waals surface area contributed by atoms with Crippen LogP contribution in [-0.2, 0) is 16.4 Å². The Morgan fingerprint density at radius 2 is 1.59 bits per heavy atom. The average molecular weight is 385 g/mol. The highest BCUT2D eigenvalue weighted by molar-refractivity contribution is 7.92. The molecule has 1 amide bonds. The zero-order valence-electron chi connectivity index (χ0n) is 15.3. The summed E-state index contributed by atoms with van der Waals surface area (Å²) in [5, 5.41) is 0. The van der Waals surface area contributed by atoms with Gasteiger partial charge in [0.1, 0.15) is 0 Å². The summed E-state index contributed by atoms with van der Waals surface area (Å²) in [6.07, 6.45) is 5.02. The van der Waals surface area contributed by atoms with Gasteiger partial charge in [0.25, 0.3) is 15.9 Å². The quantitative estimate of drug-likeness (QED) is 0.814. The van der Waals surface area contributed by atoms with Gasteiger partial charge in [-0.25, -0.2) is 8.42 Å². The molecule has 142 valence electrons. The number of nitrogens with zero attached hydrogens (tertiary/aromatic N) is 2. The molecule has 0 unspecified atom stereocenters. The Morgan fingerprint density at radius 3 is 2.37 bits per heavy atom. The number of benzene rings is 2. The minimum absolute atomic E-state index is 0.0734. The summed E-state index contributed by atoms with van der Waals surface area (Å²) in [6.45, 7) is 1.93. The van der Waals surface area contributed by atoms with Crippen molar-refractivity contribution in [3.8, 4) is 0 Å². The van der Waals surface area contributed by atoms with E-state index in [1.54, 1.807) is 18.2 Å². The molecule has 5 nitrogen and oxygen atoms in total. The topological polar surface area (TPSA) is 57.7 Å². The number of carbonyl (C=O) groups is 1. The first-order valence-electron chi connectivity index (χ1n) is 9.57. The van der Waals surface area contributed by atoms with E-state index in [0.717, 1.165) is 50.0 Å². The van der Waals surface area contributed by atoms with Gasteiger partial charge in [0.15, 0.2) is 0 Å². The van der Waals surface area contributed by atoms with Gasteiger partial charge in [0.2, 0.25) is 0 Å². The first kappa shape index (κ1) is 18.0. The number of anilines is 1. The van der Waals surface area contributed by atoms with Gasteiger partial charge in [-0.15, -0.1) is 0 Å². The molecule has 2 aliphatic rings. The van der Waals surface area contributed by atoms with Gasteiger partial charge < -0.3 is 4.90 Å². The van der Waals surface area contributed by atoms with E-state index in [4.69, 9.17) is 0 Å². The monoisotopic (exact) mass is 384 g/mol. The lowest BCUT2D eigenvalue weighted by atomic mass is 10.2. The van der Waals surface area contributed by atoms with E-state index in [1.165, 1.54) is 10.4 Å². The molecule has 0 N–H and O–H groups in total. The van der Waals surface area contributed by atoms with E-state index < -0.39 is 10.0 Å². The Kier molecular flexibility index (Phi) is 4.91. The Bertz CT molecular complexity index is 947. The first-order chi connectivity index (χ1) is 13.1. The van der Waals surface area contributed by atoms with Crippen LogP contribution in [0, 0.1) is 0 Å². The lowest BCUT2D eigenvalue weighted by Gasteiger charge is -2.22. The largest absolute Gasteiger partial charge is 0.339 e. The fourth-order valence-corrected chi connectivity index (χ4v) is 5.48. The summed E-state index contributed by atoms with van der Waals surface area (Å²) in [7, 11) is -3.68. The highest BCUT2D eigenvalue weighted by Gasteiger charge is 2.31. The van der Waals surface area contributed by atoms with Crippen LogP contribution in [0.4, 0.5) is 5.69 Å². The van der Waals surface area contributed by atoms with Crippen LogP contribution < -0.4 is 4.31 Å². The SMILES string of the molecule is O=C(c1cccc(S(=O)(=O)N2CCc3ccccc32)c1)N1CCCCCC1. The summed E-state index contributed by atoms with van der Waals surface area (Å²) >= 11 is 0. The molecule has 0 bridgehead atoms. The second kappa shape index (κ2) is 7.35. The Balaban J connectivity index is 1.63. The summed E-state index contributed by atoms with van der Waals surface area (Å²) < 4.78 is 27.9. The predicted molar refractivity (Wildman–Crippen MR) is 105 cm³/mol. The Labute approximate surface area is 160 Å². The fraction of sp³-hybridized carbons (Fsp3) is 0.381. The normalized spacial score (nSPS) is 17.5. The number of likely N-dealkylation sites (tertiary alicyclic amines) is 1. The van der Waals surface area contributed by atoms with Crippen molar-refractivity contribution < 1.29 is 13.2 Å². The van der Waals surface area contributed by atoms with Gasteiger partial charge >= 0.3 is 0 Å². The van der Waals surface area contributed by atoms with E-state index in [-0.39, 0.29) is 10.8 Å². The molecule has 27 heavy (non-hydrogen) atoms. The lowest BCUT2D eigenvalue weighted by Crippen LogP contribution is -2.32. The highest BCUT2D eigenvalue weighted by Crippen LogP contribution is 2.32. The van der Waals surface area contributed by atoms with Gasteiger partial charge in [0, 0.05) is 25.2 Å². The predicted octanol–water partition coefficient (Wildman–Crippen LogP) is 3.45. The van der Waals surface area contributed by atoms with Crippen LogP contribution in [0.5, 0.6) is 0 Å². The van der Waals surface area contributed by atoms with E-state index in [2.05, 4.69) is 0 Å². The van der Waals surface area contributed by atoms with Crippen molar-refractivity contribution in [1.82, 2.24) is 4.90 Å². The molecule has 1 saturated heterocycles. The second-order valence-electron chi connectivity index (χ2n) is 7.19. The molecule has 0 saturated carbocycles. The zero-order valence-corrected chi connectivity index (χ0v) is 16.1. The molecule has 0 atom stereocenters. The summed E-state index contributed by atoms with van der Waals surface area (Å²) in [4.78, 5) is 14.9. The molecule has 2 aliphatic heterocycles. The van der Waals surface area contributed by atoms with E-state index in [9.17, 15) is 13.2 Å². The summed E-state index contributed by atoms with van der Waals surface area (Å²) in [5.74, 6) is -0.0734. The molecule has 1 fully saturated rings. The minimum Gasteiger partial charge on any atom is -0.339 e. The maximum Gasteiger partial charge on any atom is 0.264 e. The van der Waals surface area contributed by atoms with Crippen LogP contribution in [0.3, 0.4) is 0 Å². The van der Waals surface area contributed by atoms with Crippen molar-refractivity contribution in [1.29, 1.82) is 0 Å². The minimum atomic E-state index is -3.68. The van der Waals surface area contributed by atoms with Crippen LogP contribution in [0.1, 0.15) is 41.6 Å². The van der Waals surface area contributed by atoms with Gasteiger partial charge in [-0.05, 0) is 49.1 Å². The first-order valence-corrected chi connectivity index (χ1v) is 11.0. The number of hydrogen-bond acceptors (Lipinski definition) is 3. The van der Waals surface area contributed by atoms with E-state index in [1.807, 2.05) is 29.2 Å². The number of fused-ring (bicyclic) bond motifs is 1. The molecule has 0 radical (unpaired) electrons. The number of para-hydroxylation sites is 1. The van der Waals surface area contributed by atoms with Crippen molar-refractivity contribution in [2.75, 3.05) is 23.9 Å². The molecule has 0 aromatic heterocycles. The number of rotatable bonds is 3.